The molecule has 7 heteroatoms. The lowest BCUT2D eigenvalue weighted by Gasteiger charge is -2.25. The maximum absolute atomic E-state index is 12.3. The van der Waals surface area contributed by atoms with Gasteiger partial charge < -0.3 is 10.2 Å². The summed E-state index contributed by atoms with van der Waals surface area (Å²) in [6, 6.07) is 2.25. The van der Waals surface area contributed by atoms with Crippen molar-refractivity contribution >= 4 is 23.8 Å². The van der Waals surface area contributed by atoms with Gasteiger partial charge in [0, 0.05) is 0 Å². The minimum atomic E-state index is -1.29. The molecule has 0 saturated heterocycles. The van der Waals surface area contributed by atoms with E-state index in [4.69, 9.17) is 5.11 Å². The molecule has 21 heavy (non-hydrogen) atoms. The molecule has 0 saturated carbocycles. The number of carbonyl (C=O) groups excluding carboxylic acids is 2. The number of amides is 2. The smallest absolute Gasteiger partial charge is 0.335 e. The molecule has 1 aromatic rings. The van der Waals surface area contributed by atoms with Crippen LogP contribution in [0.2, 0.25) is 0 Å². The Hall–Kier alpha value is -2.70. The lowest BCUT2D eigenvalue weighted by molar-refractivity contribution is -0.143. The van der Waals surface area contributed by atoms with Crippen molar-refractivity contribution in [2.75, 3.05) is 0 Å². The molecule has 0 aliphatic carbocycles. The number of aliphatic carboxylic acids is 1. The number of nitrogens with zero attached hydrogens (tertiary/aromatic N) is 1. The first-order chi connectivity index (χ1) is 9.75. The molecule has 1 aliphatic rings. The fourth-order valence-electron chi connectivity index (χ4n) is 2.34. The van der Waals surface area contributed by atoms with Gasteiger partial charge in [0.2, 0.25) is 0 Å². The van der Waals surface area contributed by atoms with Gasteiger partial charge in [-0.05, 0) is 24.1 Å². The minimum Gasteiger partial charge on any atom is -0.480 e. The number of carboxylic acids is 2. The third-order valence-electron chi connectivity index (χ3n) is 3.33. The maximum atomic E-state index is 12.3. The largest absolute Gasteiger partial charge is 0.480 e. The van der Waals surface area contributed by atoms with Gasteiger partial charge in [0.15, 0.2) is 0 Å². The van der Waals surface area contributed by atoms with Crippen molar-refractivity contribution in [1.29, 1.82) is 0 Å². The van der Waals surface area contributed by atoms with E-state index in [2.05, 4.69) is 0 Å². The van der Waals surface area contributed by atoms with E-state index in [0.717, 1.165) is 6.07 Å². The van der Waals surface area contributed by atoms with Gasteiger partial charge in [-0.15, -0.1) is 0 Å². The Bertz CT molecular complexity index is 663. The van der Waals surface area contributed by atoms with E-state index < -0.39 is 35.7 Å². The van der Waals surface area contributed by atoms with Crippen LogP contribution < -0.4 is 0 Å². The summed E-state index contributed by atoms with van der Waals surface area (Å²) in [5.74, 6) is -4.47. The number of hydrogen-bond acceptors (Lipinski definition) is 4. The SMILES string of the molecule is CC(C)[C@H](C(=O)O)N1C(=O)c2ccc(C(=O)O)cc2C1=O. The van der Waals surface area contributed by atoms with Crippen LogP contribution in [0.1, 0.15) is 44.9 Å². The van der Waals surface area contributed by atoms with Crippen molar-refractivity contribution in [3.05, 3.63) is 34.9 Å². The third kappa shape index (κ3) is 2.26. The summed E-state index contributed by atoms with van der Waals surface area (Å²) in [7, 11) is 0. The predicted octanol–water partition coefficient (Wildman–Crippen LogP) is 1.09. The van der Waals surface area contributed by atoms with Crippen LogP contribution in [-0.4, -0.2) is 44.9 Å². The zero-order valence-electron chi connectivity index (χ0n) is 11.4. The molecular weight excluding hydrogens is 278 g/mol. The van der Waals surface area contributed by atoms with Crippen molar-refractivity contribution in [3.8, 4) is 0 Å². The summed E-state index contributed by atoms with van der Waals surface area (Å²) < 4.78 is 0. The molecule has 1 aromatic carbocycles. The molecule has 110 valence electrons. The molecule has 0 fully saturated rings. The van der Waals surface area contributed by atoms with E-state index in [9.17, 15) is 24.3 Å². The highest BCUT2D eigenvalue weighted by Gasteiger charge is 2.44. The van der Waals surface area contributed by atoms with Crippen LogP contribution in [0.15, 0.2) is 18.2 Å². The van der Waals surface area contributed by atoms with Crippen LogP contribution in [0.25, 0.3) is 0 Å². The highest BCUT2D eigenvalue weighted by atomic mass is 16.4. The number of fused-ring (bicyclic) bond motifs is 1. The lowest BCUT2D eigenvalue weighted by Crippen LogP contribution is -2.47. The van der Waals surface area contributed by atoms with Crippen molar-refractivity contribution in [2.45, 2.75) is 19.9 Å². The summed E-state index contributed by atoms with van der Waals surface area (Å²) in [6.07, 6.45) is 0. The van der Waals surface area contributed by atoms with E-state index in [0.29, 0.717) is 4.90 Å². The molecule has 1 atom stereocenters. The molecule has 2 rings (SSSR count). The first-order valence-corrected chi connectivity index (χ1v) is 6.23. The number of benzene rings is 1. The summed E-state index contributed by atoms with van der Waals surface area (Å²) in [5.41, 5.74) is -0.183. The van der Waals surface area contributed by atoms with Crippen molar-refractivity contribution < 1.29 is 29.4 Å². The number of carboxylic acid groups (broad SMARTS) is 2. The second-order valence-corrected chi connectivity index (χ2v) is 5.07. The van der Waals surface area contributed by atoms with Gasteiger partial charge in [-0.1, -0.05) is 13.8 Å². The highest BCUT2D eigenvalue weighted by Crippen LogP contribution is 2.28. The van der Waals surface area contributed by atoms with Gasteiger partial charge in [0.05, 0.1) is 16.7 Å². The highest BCUT2D eigenvalue weighted by molar-refractivity contribution is 6.23. The molecule has 0 unspecified atom stereocenters. The number of imide groups is 1. The van der Waals surface area contributed by atoms with E-state index in [-0.39, 0.29) is 16.7 Å². The summed E-state index contributed by atoms with van der Waals surface area (Å²) in [4.78, 5) is 47.4. The molecule has 0 bridgehead atoms. The lowest BCUT2D eigenvalue weighted by atomic mass is 10.0. The van der Waals surface area contributed by atoms with Gasteiger partial charge in [-0.2, -0.15) is 0 Å². The molecule has 2 N–H and O–H groups in total. The summed E-state index contributed by atoms with van der Waals surface area (Å²) in [6.45, 7) is 3.18. The van der Waals surface area contributed by atoms with E-state index >= 15 is 0 Å². The van der Waals surface area contributed by atoms with Crippen LogP contribution in [0.5, 0.6) is 0 Å². The summed E-state index contributed by atoms with van der Waals surface area (Å²) in [5, 5.41) is 18.1. The van der Waals surface area contributed by atoms with Gasteiger partial charge in [-0.25, -0.2) is 9.59 Å². The standard InChI is InChI=1S/C14H13NO6/c1-6(2)10(14(20)21)15-11(16)8-4-3-7(13(18)19)5-9(8)12(15)17/h3-6,10H,1-2H3,(H,18,19)(H,20,21)/t10-/m1/s1. The first-order valence-electron chi connectivity index (χ1n) is 6.23. The molecule has 1 heterocycles. The Morgan fingerprint density at radius 2 is 1.62 bits per heavy atom. The second-order valence-electron chi connectivity index (χ2n) is 5.07. The molecule has 1 aliphatic heterocycles. The normalized spacial score (nSPS) is 15.3. The molecular formula is C14H13NO6. The molecule has 2 amide bonds. The number of aromatic carboxylic acids is 1. The average Bonchev–Trinajstić information content (AvgIpc) is 2.63. The fraction of sp³-hybridized carbons (Fsp3) is 0.286. The zero-order valence-corrected chi connectivity index (χ0v) is 11.4. The van der Waals surface area contributed by atoms with Crippen LogP contribution in [0, 0.1) is 5.92 Å². The van der Waals surface area contributed by atoms with Crippen molar-refractivity contribution in [1.82, 2.24) is 4.90 Å². The summed E-state index contributed by atoms with van der Waals surface area (Å²) >= 11 is 0. The number of rotatable bonds is 4. The van der Waals surface area contributed by atoms with Gasteiger partial charge in [0.25, 0.3) is 11.8 Å². The van der Waals surface area contributed by atoms with Crippen LogP contribution in [0.3, 0.4) is 0 Å². The average molecular weight is 291 g/mol. The Kier molecular flexibility index (Phi) is 3.51. The maximum Gasteiger partial charge on any atom is 0.335 e. The quantitative estimate of drug-likeness (QED) is 0.803. The van der Waals surface area contributed by atoms with Gasteiger partial charge in [0.1, 0.15) is 6.04 Å². The van der Waals surface area contributed by atoms with Crippen LogP contribution in [0.4, 0.5) is 0 Å². The Morgan fingerprint density at radius 3 is 2.10 bits per heavy atom. The monoisotopic (exact) mass is 291 g/mol. The van der Waals surface area contributed by atoms with E-state index in [1.54, 1.807) is 13.8 Å². The zero-order chi connectivity index (χ0) is 15.9. The second kappa shape index (κ2) is 5.01. The van der Waals surface area contributed by atoms with Crippen LogP contribution >= 0.6 is 0 Å². The van der Waals surface area contributed by atoms with Crippen LogP contribution in [-0.2, 0) is 4.79 Å². The van der Waals surface area contributed by atoms with Crippen molar-refractivity contribution in [2.24, 2.45) is 5.92 Å². The Balaban J connectivity index is 2.51. The third-order valence-corrected chi connectivity index (χ3v) is 3.33. The van der Waals surface area contributed by atoms with Gasteiger partial charge >= 0.3 is 11.9 Å². The fourth-order valence-corrected chi connectivity index (χ4v) is 2.34. The Labute approximate surface area is 119 Å². The van der Waals surface area contributed by atoms with Gasteiger partial charge in [-0.3, -0.25) is 14.5 Å². The predicted molar refractivity (Wildman–Crippen MR) is 70.2 cm³/mol. The number of carbonyl (C=O) groups is 4. The molecule has 0 aromatic heterocycles. The topological polar surface area (TPSA) is 112 Å². The Morgan fingerprint density at radius 1 is 1.05 bits per heavy atom. The molecule has 7 nitrogen and oxygen atoms in total. The van der Waals surface area contributed by atoms with E-state index in [1.165, 1.54) is 12.1 Å². The molecule has 0 radical (unpaired) electrons. The van der Waals surface area contributed by atoms with E-state index in [1.807, 2.05) is 0 Å². The minimum absolute atomic E-state index is 0.0249. The number of hydrogen-bond donors (Lipinski definition) is 2. The van der Waals surface area contributed by atoms with Crippen molar-refractivity contribution in [3.63, 3.8) is 0 Å². The molecule has 0 spiro atoms. The first kappa shape index (κ1) is 14.7.